The molecular weight excluding hydrogens is 264 g/mol. The molecule has 0 aliphatic heterocycles. The molecule has 2 N–H and O–H groups in total. The minimum atomic E-state index is -0.226. The fraction of sp³-hybridized carbons (Fsp3) is 0.143. The van der Waals surface area contributed by atoms with Gasteiger partial charge in [0.1, 0.15) is 0 Å². The SMILES string of the molecule is O=C(NCCc1cccc(Cl)c1)c1ccc(=O)[nH]c1. The van der Waals surface area contributed by atoms with Crippen molar-refractivity contribution in [2.45, 2.75) is 6.42 Å². The number of aromatic amines is 1. The first-order valence-corrected chi connectivity index (χ1v) is 6.24. The Morgan fingerprint density at radius 1 is 1.26 bits per heavy atom. The molecule has 1 amide bonds. The highest BCUT2D eigenvalue weighted by Gasteiger charge is 2.04. The van der Waals surface area contributed by atoms with Crippen LogP contribution in [0.2, 0.25) is 5.02 Å². The van der Waals surface area contributed by atoms with Crippen molar-refractivity contribution in [1.29, 1.82) is 0 Å². The number of H-pyrrole nitrogens is 1. The zero-order valence-electron chi connectivity index (χ0n) is 10.2. The van der Waals surface area contributed by atoms with Crippen molar-refractivity contribution in [2.75, 3.05) is 6.54 Å². The molecule has 1 aromatic carbocycles. The Hall–Kier alpha value is -2.07. The number of hydrogen-bond donors (Lipinski definition) is 2. The summed E-state index contributed by atoms with van der Waals surface area (Å²) in [5, 5.41) is 3.47. The Labute approximate surface area is 115 Å². The van der Waals surface area contributed by atoms with Crippen molar-refractivity contribution >= 4 is 17.5 Å². The van der Waals surface area contributed by atoms with Crippen molar-refractivity contribution in [3.8, 4) is 0 Å². The number of nitrogens with one attached hydrogen (secondary N) is 2. The van der Waals surface area contributed by atoms with Gasteiger partial charge in [-0.2, -0.15) is 0 Å². The van der Waals surface area contributed by atoms with E-state index >= 15 is 0 Å². The maximum absolute atomic E-state index is 11.8. The summed E-state index contributed by atoms with van der Waals surface area (Å²) in [6.07, 6.45) is 2.10. The molecule has 0 aliphatic carbocycles. The minimum Gasteiger partial charge on any atom is -0.352 e. The number of rotatable bonds is 4. The van der Waals surface area contributed by atoms with Crippen LogP contribution in [0.3, 0.4) is 0 Å². The fourth-order valence-electron chi connectivity index (χ4n) is 1.67. The van der Waals surface area contributed by atoms with Crippen LogP contribution in [0.15, 0.2) is 47.4 Å². The second kappa shape index (κ2) is 6.20. The predicted octanol–water partition coefficient (Wildman–Crippen LogP) is 2.00. The molecule has 0 spiro atoms. The van der Waals surface area contributed by atoms with Gasteiger partial charge in [-0.1, -0.05) is 23.7 Å². The second-order valence-electron chi connectivity index (χ2n) is 4.08. The Bertz CT molecular complexity index is 617. The van der Waals surface area contributed by atoms with Crippen LogP contribution in [-0.2, 0) is 6.42 Å². The highest BCUT2D eigenvalue weighted by Crippen LogP contribution is 2.10. The number of amides is 1. The normalized spacial score (nSPS) is 10.2. The number of hydrogen-bond acceptors (Lipinski definition) is 2. The summed E-state index contributed by atoms with van der Waals surface area (Å²) in [6, 6.07) is 10.3. The highest BCUT2D eigenvalue weighted by molar-refractivity contribution is 6.30. The van der Waals surface area contributed by atoms with Crippen LogP contribution >= 0.6 is 11.6 Å². The summed E-state index contributed by atoms with van der Waals surface area (Å²) in [6.45, 7) is 0.512. The van der Waals surface area contributed by atoms with E-state index < -0.39 is 0 Å². The molecule has 0 saturated carbocycles. The summed E-state index contributed by atoms with van der Waals surface area (Å²) in [7, 11) is 0. The summed E-state index contributed by atoms with van der Waals surface area (Å²) in [5.41, 5.74) is 1.27. The third-order valence-corrected chi connectivity index (χ3v) is 2.87. The van der Waals surface area contributed by atoms with E-state index in [2.05, 4.69) is 10.3 Å². The van der Waals surface area contributed by atoms with Gasteiger partial charge in [-0.05, 0) is 30.2 Å². The largest absolute Gasteiger partial charge is 0.352 e. The number of carbonyl (C=O) groups excluding carboxylic acids is 1. The van der Waals surface area contributed by atoms with E-state index in [0.29, 0.717) is 23.6 Å². The van der Waals surface area contributed by atoms with E-state index in [4.69, 9.17) is 11.6 Å². The maximum Gasteiger partial charge on any atom is 0.252 e. The molecule has 0 unspecified atom stereocenters. The molecule has 2 rings (SSSR count). The number of carbonyl (C=O) groups is 1. The number of aromatic nitrogens is 1. The molecule has 1 aromatic heterocycles. The third kappa shape index (κ3) is 3.96. The second-order valence-corrected chi connectivity index (χ2v) is 4.51. The molecular formula is C14H13ClN2O2. The standard InChI is InChI=1S/C14H13ClN2O2/c15-12-3-1-2-10(8-12)6-7-16-14(19)11-4-5-13(18)17-9-11/h1-5,8-9H,6-7H2,(H,16,19)(H,17,18). The van der Waals surface area contributed by atoms with Gasteiger partial charge in [0.25, 0.3) is 5.91 Å². The van der Waals surface area contributed by atoms with E-state index in [0.717, 1.165) is 5.56 Å². The smallest absolute Gasteiger partial charge is 0.252 e. The van der Waals surface area contributed by atoms with E-state index in [9.17, 15) is 9.59 Å². The van der Waals surface area contributed by atoms with Gasteiger partial charge in [0.05, 0.1) is 5.56 Å². The van der Waals surface area contributed by atoms with Crippen LogP contribution in [0.1, 0.15) is 15.9 Å². The molecule has 0 bridgehead atoms. The molecule has 0 radical (unpaired) electrons. The van der Waals surface area contributed by atoms with E-state index in [1.807, 2.05) is 24.3 Å². The average molecular weight is 277 g/mol. The molecule has 2 aromatic rings. The number of benzene rings is 1. The summed E-state index contributed by atoms with van der Waals surface area (Å²) < 4.78 is 0. The van der Waals surface area contributed by atoms with Crippen molar-refractivity contribution in [3.63, 3.8) is 0 Å². The molecule has 19 heavy (non-hydrogen) atoms. The summed E-state index contributed by atoms with van der Waals surface area (Å²) in [5.74, 6) is -0.210. The van der Waals surface area contributed by atoms with Crippen LogP contribution in [0.25, 0.3) is 0 Å². The van der Waals surface area contributed by atoms with Gasteiger partial charge < -0.3 is 10.3 Å². The summed E-state index contributed by atoms with van der Waals surface area (Å²) in [4.78, 5) is 25.1. The lowest BCUT2D eigenvalue weighted by Gasteiger charge is -2.05. The van der Waals surface area contributed by atoms with Crippen LogP contribution in [0.4, 0.5) is 0 Å². The number of pyridine rings is 1. The van der Waals surface area contributed by atoms with Gasteiger partial charge in [-0.15, -0.1) is 0 Å². The molecule has 0 fully saturated rings. The average Bonchev–Trinajstić information content (AvgIpc) is 2.39. The van der Waals surface area contributed by atoms with Crippen molar-refractivity contribution in [2.24, 2.45) is 0 Å². The minimum absolute atomic E-state index is 0.210. The predicted molar refractivity (Wildman–Crippen MR) is 74.6 cm³/mol. The van der Waals surface area contributed by atoms with Crippen molar-refractivity contribution in [3.05, 3.63) is 69.1 Å². The lowest BCUT2D eigenvalue weighted by Crippen LogP contribution is -2.26. The topological polar surface area (TPSA) is 62.0 Å². The van der Waals surface area contributed by atoms with Crippen LogP contribution in [0, 0.1) is 0 Å². The van der Waals surface area contributed by atoms with Gasteiger partial charge in [0.15, 0.2) is 0 Å². The molecule has 1 heterocycles. The molecule has 4 nitrogen and oxygen atoms in total. The quantitative estimate of drug-likeness (QED) is 0.897. The number of halogens is 1. The van der Waals surface area contributed by atoms with Gasteiger partial charge in [0, 0.05) is 23.8 Å². The molecule has 98 valence electrons. The molecule has 0 saturated heterocycles. The maximum atomic E-state index is 11.8. The first kappa shape index (κ1) is 13.4. The van der Waals surface area contributed by atoms with Crippen LogP contribution < -0.4 is 10.9 Å². The summed E-state index contributed by atoms with van der Waals surface area (Å²) >= 11 is 5.88. The lowest BCUT2D eigenvalue weighted by molar-refractivity contribution is 0.0954. The molecule has 0 aliphatic rings. The van der Waals surface area contributed by atoms with Crippen LogP contribution in [-0.4, -0.2) is 17.4 Å². The lowest BCUT2D eigenvalue weighted by atomic mass is 10.1. The molecule has 5 heteroatoms. The molecule has 0 atom stereocenters. The Morgan fingerprint density at radius 2 is 2.11 bits per heavy atom. The van der Waals surface area contributed by atoms with Gasteiger partial charge in [-0.25, -0.2) is 0 Å². The third-order valence-electron chi connectivity index (χ3n) is 2.63. The van der Waals surface area contributed by atoms with Gasteiger partial charge in [-0.3, -0.25) is 9.59 Å². The highest BCUT2D eigenvalue weighted by atomic mass is 35.5. The monoisotopic (exact) mass is 276 g/mol. The Morgan fingerprint density at radius 3 is 2.79 bits per heavy atom. The Kier molecular flexibility index (Phi) is 4.36. The van der Waals surface area contributed by atoms with E-state index in [1.165, 1.54) is 18.3 Å². The van der Waals surface area contributed by atoms with Crippen LogP contribution in [0.5, 0.6) is 0 Å². The van der Waals surface area contributed by atoms with Crippen molar-refractivity contribution < 1.29 is 4.79 Å². The van der Waals surface area contributed by atoms with E-state index in [-0.39, 0.29) is 11.5 Å². The fourth-order valence-corrected chi connectivity index (χ4v) is 1.88. The first-order chi connectivity index (χ1) is 9.15. The van der Waals surface area contributed by atoms with E-state index in [1.54, 1.807) is 0 Å². The van der Waals surface area contributed by atoms with Gasteiger partial charge >= 0.3 is 0 Å². The zero-order valence-corrected chi connectivity index (χ0v) is 10.9. The first-order valence-electron chi connectivity index (χ1n) is 5.86. The Balaban J connectivity index is 1.87. The zero-order chi connectivity index (χ0) is 13.7. The van der Waals surface area contributed by atoms with Crippen molar-refractivity contribution in [1.82, 2.24) is 10.3 Å². The van der Waals surface area contributed by atoms with Gasteiger partial charge in [0.2, 0.25) is 5.56 Å².